The topological polar surface area (TPSA) is 64.2 Å². The molecule has 0 aliphatic carbocycles. The highest BCUT2D eigenvalue weighted by atomic mass is 19.1. The van der Waals surface area contributed by atoms with Crippen LogP contribution in [0.4, 0.5) is 4.39 Å². The van der Waals surface area contributed by atoms with E-state index in [0.717, 1.165) is 41.8 Å². The van der Waals surface area contributed by atoms with Gasteiger partial charge in [-0.3, -0.25) is 9.48 Å². The first kappa shape index (κ1) is 18.4. The number of likely N-dealkylation sites (tertiary alicyclic amines) is 1. The number of hydrogen-bond acceptors (Lipinski definition) is 4. The summed E-state index contributed by atoms with van der Waals surface area (Å²) in [5.74, 6) is 0.406. The molecular formula is C21H23FN4O2. The predicted octanol–water partition coefficient (Wildman–Crippen LogP) is 3.82. The van der Waals surface area contributed by atoms with Crippen molar-refractivity contribution in [3.05, 3.63) is 59.3 Å². The lowest BCUT2D eigenvalue weighted by atomic mass is 9.95. The molecule has 0 saturated carbocycles. The van der Waals surface area contributed by atoms with Gasteiger partial charge < -0.3 is 9.42 Å². The summed E-state index contributed by atoms with van der Waals surface area (Å²) >= 11 is 0. The molecule has 0 spiro atoms. The fourth-order valence-corrected chi connectivity index (χ4v) is 3.92. The van der Waals surface area contributed by atoms with Gasteiger partial charge in [-0.25, -0.2) is 4.39 Å². The molecule has 3 aromatic rings. The summed E-state index contributed by atoms with van der Waals surface area (Å²) in [5, 5.41) is 8.40. The van der Waals surface area contributed by atoms with E-state index in [0.29, 0.717) is 12.3 Å². The molecule has 0 radical (unpaired) electrons. The fourth-order valence-electron chi connectivity index (χ4n) is 3.92. The molecule has 4 rings (SSSR count). The third kappa shape index (κ3) is 3.56. The second-order valence-corrected chi connectivity index (χ2v) is 7.30. The van der Waals surface area contributed by atoms with Gasteiger partial charge in [0.2, 0.25) is 5.91 Å². The molecule has 0 N–H and O–H groups in total. The molecule has 6 nitrogen and oxygen atoms in total. The van der Waals surface area contributed by atoms with Crippen molar-refractivity contribution in [2.75, 3.05) is 6.54 Å². The monoisotopic (exact) mass is 382 g/mol. The first-order valence-corrected chi connectivity index (χ1v) is 9.52. The quantitative estimate of drug-likeness (QED) is 0.688. The van der Waals surface area contributed by atoms with E-state index in [1.807, 2.05) is 29.6 Å². The van der Waals surface area contributed by atoms with E-state index in [1.165, 1.54) is 12.1 Å². The van der Waals surface area contributed by atoms with Crippen molar-refractivity contribution < 1.29 is 13.7 Å². The fraction of sp³-hybridized carbons (Fsp3) is 0.381. The third-order valence-corrected chi connectivity index (χ3v) is 5.29. The van der Waals surface area contributed by atoms with Crippen molar-refractivity contribution in [2.24, 2.45) is 7.05 Å². The Labute approximate surface area is 162 Å². The first-order valence-electron chi connectivity index (χ1n) is 9.52. The predicted molar refractivity (Wildman–Crippen MR) is 102 cm³/mol. The van der Waals surface area contributed by atoms with E-state index in [-0.39, 0.29) is 24.2 Å². The summed E-state index contributed by atoms with van der Waals surface area (Å²) in [6, 6.07) is 7.92. The number of rotatable bonds is 4. The zero-order valence-corrected chi connectivity index (χ0v) is 16.1. The Kier molecular flexibility index (Phi) is 4.98. The molecule has 1 aliphatic rings. The van der Waals surface area contributed by atoms with Gasteiger partial charge in [-0.2, -0.15) is 5.10 Å². The van der Waals surface area contributed by atoms with Crippen LogP contribution < -0.4 is 0 Å². The minimum atomic E-state index is -0.297. The Balaban J connectivity index is 1.63. The van der Waals surface area contributed by atoms with Gasteiger partial charge in [-0.05, 0) is 43.9 Å². The Morgan fingerprint density at radius 3 is 2.79 bits per heavy atom. The number of hydrogen-bond donors (Lipinski definition) is 0. The van der Waals surface area contributed by atoms with Crippen molar-refractivity contribution in [1.82, 2.24) is 19.8 Å². The molecule has 1 saturated heterocycles. The highest BCUT2D eigenvalue weighted by Crippen LogP contribution is 2.37. The van der Waals surface area contributed by atoms with Crippen molar-refractivity contribution >= 4 is 5.91 Å². The van der Waals surface area contributed by atoms with Crippen LogP contribution in [0.15, 0.2) is 41.1 Å². The molecule has 3 heterocycles. The number of piperidine rings is 1. The number of amides is 1. The lowest BCUT2D eigenvalue weighted by Gasteiger charge is -2.36. The van der Waals surface area contributed by atoms with Gasteiger partial charge in [0.15, 0.2) is 5.76 Å². The van der Waals surface area contributed by atoms with Gasteiger partial charge in [-0.1, -0.05) is 17.3 Å². The maximum absolute atomic E-state index is 13.2. The first-order chi connectivity index (χ1) is 13.5. The van der Waals surface area contributed by atoms with Crippen molar-refractivity contribution in [3.63, 3.8) is 0 Å². The van der Waals surface area contributed by atoms with Crippen LogP contribution >= 0.6 is 0 Å². The van der Waals surface area contributed by atoms with Gasteiger partial charge in [0.05, 0.1) is 35.6 Å². The molecular weight excluding hydrogens is 359 g/mol. The summed E-state index contributed by atoms with van der Waals surface area (Å²) in [5.41, 5.74) is 3.45. The van der Waals surface area contributed by atoms with Crippen LogP contribution in [-0.2, 0) is 18.3 Å². The summed E-state index contributed by atoms with van der Waals surface area (Å²) in [6.45, 7) is 2.58. The molecule has 1 fully saturated rings. The number of aromatic nitrogens is 3. The molecule has 1 aliphatic heterocycles. The van der Waals surface area contributed by atoms with Crippen LogP contribution in [0.3, 0.4) is 0 Å². The maximum atomic E-state index is 13.2. The standard InChI is InChI=1S/C21H23FN4O2/c1-14-11-19(28-24-14)17-13-23-25(2)21(17)18-5-3-4-10-26(18)20(27)12-15-6-8-16(22)9-7-15/h6-9,11,13,18H,3-5,10,12H2,1-2H3/t18-/m0/s1. The Morgan fingerprint density at radius 1 is 1.29 bits per heavy atom. The van der Waals surface area contributed by atoms with Gasteiger partial charge in [0, 0.05) is 19.7 Å². The zero-order chi connectivity index (χ0) is 19.7. The zero-order valence-electron chi connectivity index (χ0n) is 16.1. The molecule has 2 aromatic heterocycles. The number of carbonyl (C=O) groups excluding carboxylic acids is 1. The van der Waals surface area contributed by atoms with Crippen LogP contribution in [0.5, 0.6) is 0 Å². The highest BCUT2D eigenvalue weighted by Gasteiger charge is 2.32. The van der Waals surface area contributed by atoms with Crippen molar-refractivity contribution in [2.45, 2.75) is 38.6 Å². The van der Waals surface area contributed by atoms with Crippen molar-refractivity contribution in [3.8, 4) is 11.3 Å². The van der Waals surface area contributed by atoms with Crippen LogP contribution in [0, 0.1) is 12.7 Å². The average Bonchev–Trinajstić information content (AvgIpc) is 3.29. The molecule has 1 aromatic carbocycles. The van der Waals surface area contributed by atoms with E-state index in [9.17, 15) is 9.18 Å². The van der Waals surface area contributed by atoms with E-state index >= 15 is 0 Å². The number of aryl methyl sites for hydroxylation is 2. The smallest absolute Gasteiger partial charge is 0.227 e. The number of halogens is 1. The van der Waals surface area contributed by atoms with Crippen LogP contribution in [0.25, 0.3) is 11.3 Å². The third-order valence-electron chi connectivity index (χ3n) is 5.29. The second-order valence-electron chi connectivity index (χ2n) is 7.30. The summed E-state index contributed by atoms with van der Waals surface area (Å²) in [4.78, 5) is 15.0. The normalized spacial score (nSPS) is 17.1. The summed E-state index contributed by atoms with van der Waals surface area (Å²) in [7, 11) is 1.89. The van der Waals surface area contributed by atoms with E-state index in [4.69, 9.17) is 4.52 Å². The largest absolute Gasteiger partial charge is 0.356 e. The maximum Gasteiger partial charge on any atom is 0.227 e. The summed E-state index contributed by atoms with van der Waals surface area (Å²) in [6.07, 6.45) is 4.91. The molecule has 28 heavy (non-hydrogen) atoms. The van der Waals surface area contributed by atoms with E-state index in [1.54, 1.807) is 18.3 Å². The lowest BCUT2D eigenvalue weighted by Crippen LogP contribution is -2.40. The van der Waals surface area contributed by atoms with E-state index in [2.05, 4.69) is 10.3 Å². The molecule has 0 unspecified atom stereocenters. The Morgan fingerprint density at radius 2 is 2.07 bits per heavy atom. The van der Waals surface area contributed by atoms with E-state index < -0.39 is 0 Å². The Bertz CT molecular complexity index is 977. The molecule has 1 amide bonds. The van der Waals surface area contributed by atoms with Crippen LogP contribution in [0.1, 0.15) is 42.3 Å². The molecule has 7 heteroatoms. The highest BCUT2D eigenvalue weighted by molar-refractivity contribution is 5.79. The average molecular weight is 382 g/mol. The van der Waals surface area contributed by atoms with Gasteiger partial charge in [0.25, 0.3) is 0 Å². The van der Waals surface area contributed by atoms with Crippen LogP contribution in [0.2, 0.25) is 0 Å². The molecule has 0 bridgehead atoms. The molecule has 146 valence electrons. The molecule has 1 atom stereocenters. The lowest BCUT2D eigenvalue weighted by molar-refractivity contribution is -0.134. The van der Waals surface area contributed by atoms with Gasteiger partial charge in [-0.15, -0.1) is 0 Å². The van der Waals surface area contributed by atoms with Crippen molar-refractivity contribution in [1.29, 1.82) is 0 Å². The number of carbonyl (C=O) groups is 1. The SMILES string of the molecule is Cc1cc(-c2cnn(C)c2[C@@H]2CCCCN2C(=O)Cc2ccc(F)cc2)on1. The summed E-state index contributed by atoms with van der Waals surface area (Å²) < 4.78 is 20.4. The Hall–Kier alpha value is -2.96. The minimum Gasteiger partial charge on any atom is -0.356 e. The number of nitrogens with zero attached hydrogens (tertiary/aromatic N) is 4. The van der Waals surface area contributed by atoms with Gasteiger partial charge in [0.1, 0.15) is 5.82 Å². The number of benzene rings is 1. The van der Waals surface area contributed by atoms with Crippen LogP contribution in [-0.4, -0.2) is 32.3 Å². The second kappa shape index (κ2) is 7.58. The minimum absolute atomic E-state index is 0.0391. The van der Waals surface area contributed by atoms with Gasteiger partial charge >= 0.3 is 0 Å².